The van der Waals surface area contributed by atoms with Crippen LogP contribution < -0.4 is 5.32 Å². The van der Waals surface area contributed by atoms with Gasteiger partial charge in [0.2, 0.25) is 0 Å². The number of nitrogens with zero attached hydrogens (tertiary/aromatic N) is 1. The summed E-state index contributed by atoms with van der Waals surface area (Å²) in [7, 11) is 0. The minimum atomic E-state index is 0.602. The number of aryl methyl sites for hydroxylation is 1. The molecule has 0 aliphatic heterocycles. The molecule has 0 heterocycles. The highest BCUT2D eigenvalue weighted by Crippen LogP contribution is 2.19. The maximum atomic E-state index is 4.69. The predicted octanol–water partition coefficient (Wildman–Crippen LogP) is 6.36. The molecule has 0 fully saturated rings. The first-order valence-corrected chi connectivity index (χ1v) is 8.10. The summed E-state index contributed by atoms with van der Waals surface area (Å²) in [5.74, 6) is 0.602. The molecule has 0 aliphatic rings. The molecule has 126 valence electrons. The quantitative estimate of drug-likeness (QED) is 0.458. The standard InChI is InChI=1S/C22H28N2/c1-8-11-21(18(6)16(3)4)22(12-9-2)24-19(7)23-20-14-10-13-17(5)15-20/h8-15,23H,1,7H2,2-6H3/b12-9-,21-11+,24-22+. The third kappa shape index (κ3) is 5.88. The van der Waals surface area contributed by atoms with Gasteiger partial charge in [-0.15, -0.1) is 0 Å². The van der Waals surface area contributed by atoms with E-state index in [-0.39, 0.29) is 0 Å². The number of hydrogen-bond donors (Lipinski definition) is 1. The monoisotopic (exact) mass is 320 g/mol. The van der Waals surface area contributed by atoms with Crippen LogP contribution in [0.5, 0.6) is 0 Å². The van der Waals surface area contributed by atoms with E-state index in [1.165, 1.54) is 16.7 Å². The molecule has 0 spiro atoms. The first kappa shape index (κ1) is 19.4. The third-order valence-corrected chi connectivity index (χ3v) is 3.60. The van der Waals surface area contributed by atoms with E-state index >= 15 is 0 Å². The Balaban J connectivity index is 3.20. The van der Waals surface area contributed by atoms with Gasteiger partial charge in [0.15, 0.2) is 0 Å². The van der Waals surface area contributed by atoms with Gasteiger partial charge in [0.25, 0.3) is 0 Å². The molecule has 1 aromatic rings. The van der Waals surface area contributed by atoms with Crippen molar-refractivity contribution in [3.63, 3.8) is 0 Å². The summed E-state index contributed by atoms with van der Waals surface area (Å²) in [5, 5.41) is 3.25. The van der Waals surface area contributed by atoms with Crippen LogP contribution in [0.4, 0.5) is 5.69 Å². The van der Waals surface area contributed by atoms with Crippen LogP contribution in [0.15, 0.2) is 89.3 Å². The molecule has 0 unspecified atom stereocenters. The van der Waals surface area contributed by atoms with Gasteiger partial charge in [-0.3, -0.25) is 0 Å². The van der Waals surface area contributed by atoms with Crippen molar-refractivity contribution >= 4 is 11.4 Å². The first-order valence-electron chi connectivity index (χ1n) is 8.10. The Bertz CT molecular complexity index is 724. The van der Waals surface area contributed by atoms with Gasteiger partial charge in [-0.2, -0.15) is 0 Å². The summed E-state index contributed by atoms with van der Waals surface area (Å²) in [6.07, 6.45) is 7.75. The summed E-state index contributed by atoms with van der Waals surface area (Å²) in [6.45, 7) is 18.2. The lowest BCUT2D eigenvalue weighted by molar-refractivity contribution is 1.25. The van der Waals surface area contributed by atoms with Crippen molar-refractivity contribution in [2.24, 2.45) is 4.99 Å². The van der Waals surface area contributed by atoms with E-state index in [1.54, 1.807) is 6.08 Å². The first-order chi connectivity index (χ1) is 11.4. The normalized spacial score (nSPS) is 12.2. The van der Waals surface area contributed by atoms with Gasteiger partial charge in [0, 0.05) is 11.3 Å². The Kier molecular flexibility index (Phi) is 7.70. The lowest BCUT2D eigenvalue weighted by Gasteiger charge is -2.12. The highest BCUT2D eigenvalue weighted by molar-refractivity contribution is 6.12. The number of rotatable bonds is 7. The van der Waals surface area contributed by atoms with Crippen molar-refractivity contribution in [1.82, 2.24) is 0 Å². The molecule has 1 aromatic carbocycles. The van der Waals surface area contributed by atoms with E-state index in [0.29, 0.717) is 5.82 Å². The highest BCUT2D eigenvalue weighted by atomic mass is 15.0. The van der Waals surface area contributed by atoms with Gasteiger partial charge in [-0.25, -0.2) is 4.99 Å². The molecular weight excluding hydrogens is 292 g/mol. The van der Waals surface area contributed by atoms with E-state index in [9.17, 15) is 0 Å². The Morgan fingerprint density at radius 3 is 2.46 bits per heavy atom. The highest BCUT2D eigenvalue weighted by Gasteiger charge is 2.08. The predicted molar refractivity (Wildman–Crippen MR) is 109 cm³/mol. The molecule has 0 saturated heterocycles. The smallest absolute Gasteiger partial charge is 0.123 e. The fourth-order valence-corrected chi connectivity index (χ4v) is 2.20. The average Bonchev–Trinajstić information content (AvgIpc) is 2.51. The van der Waals surface area contributed by atoms with Crippen molar-refractivity contribution in [2.45, 2.75) is 34.6 Å². The van der Waals surface area contributed by atoms with Gasteiger partial charge in [-0.05, 0) is 64.0 Å². The van der Waals surface area contributed by atoms with E-state index in [2.05, 4.69) is 63.3 Å². The number of nitrogens with one attached hydrogen (secondary N) is 1. The number of anilines is 1. The van der Waals surface area contributed by atoms with Crippen molar-refractivity contribution in [3.8, 4) is 0 Å². The molecule has 0 aliphatic carbocycles. The van der Waals surface area contributed by atoms with Crippen LogP contribution in [0.25, 0.3) is 0 Å². The van der Waals surface area contributed by atoms with Gasteiger partial charge >= 0.3 is 0 Å². The Morgan fingerprint density at radius 1 is 1.21 bits per heavy atom. The van der Waals surface area contributed by atoms with Crippen LogP contribution in [-0.4, -0.2) is 5.71 Å². The summed E-state index contributed by atoms with van der Waals surface area (Å²) in [6, 6.07) is 8.15. The van der Waals surface area contributed by atoms with Crippen LogP contribution in [0, 0.1) is 6.92 Å². The van der Waals surface area contributed by atoms with E-state index in [4.69, 9.17) is 0 Å². The molecule has 1 rings (SSSR count). The summed E-state index contributed by atoms with van der Waals surface area (Å²) in [5.41, 5.74) is 6.53. The van der Waals surface area contributed by atoms with E-state index in [1.807, 2.05) is 37.3 Å². The van der Waals surface area contributed by atoms with E-state index < -0.39 is 0 Å². The van der Waals surface area contributed by atoms with Crippen LogP contribution in [0.1, 0.15) is 33.3 Å². The third-order valence-electron chi connectivity index (χ3n) is 3.60. The SMILES string of the molecule is C=C/C=C(C(C)=C(C)C)/C(/C=C\C)=N/C(=C)Nc1cccc(C)c1. The van der Waals surface area contributed by atoms with Crippen molar-refractivity contribution in [1.29, 1.82) is 0 Å². The zero-order valence-corrected chi connectivity index (χ0v) is 15.5. The summed E-state index contributed by atoms with van der Waals surface area (Å²) in [4.78, 5) is 4.69. The van der Waals surface area contributed by atoms with Crippen molar-refractivity contribution in [2.75, 3.05) is 5.32 Å². The van der Waals surface area contributed by atoms with Crippen LogP contribution in [0.3, 0.4) is 0 Å². The minimum Gasteiger partial charge on any atom is -0.341 e. The molecule has 2 nitrogen and oxygen atoms in total. The second kappa shape index (κ2) is 9.51. The molecule has 0 amide bonds. The zero-order chi connectivity index (χ0) is 18.1. The molecule has 0 radical (unpaired) electrons. The van der Waals surface area contributed by atoms with Crippen molar-refractivity contribution in [3.05, 3.63) is 89.8 Å². The fourth-order valence-electron chi connectivity index (χ4n) is 2.20. The van der Waals surface area contributed by atoms with Crippen LogP contribution in [-0.2, 0) is 0 Å². The Labute approximate surface area is 146 Å². The number of hydrogen-bond acceptors (Lipinski definition) is 2. The largest absolute Gasteiger partial charge is 0.341 e. The zero-order valence-electron chi connectivity index (χ0n) is 15.5. The summed E-state index contributed by atoms with van der Waals surface area (Å²) < 4.78 is 0. The fraction of sp³-hybridized carbons (Fsp3) is 0.227. The molecule has 0 aromatic heterocycles. The average molecular weight is 320 g/mol. The number of benzene rings is 1. The second-order valence-electron chi connectivity index (χ2n) is 5.88. The van der Waals surface area contributed by atoms with E-state index in [0.717, 1.165) is 17.0 Å². The topological polar surface area (TPSA) is 24.4 Å². The Hall–Kier alpha value is -2.61. The minimum absolute atomic E-state index is 0.602. The van der Waals surface area contributed by atoms with Crippen LogP contribution >= 0.6 is 0 Å². The lowest BCUT2D eigenvalue weighted by atomic mass is 9.98. The maximum absolute atomic E-state index is 4.69. The van der Waals surface area contributed by atoms with Gasteiger partial charge in [0.1, 0.15) is 5.82 Å². The van der Waals surface area contributed by atoms with Gasteiger partial charge in [-0.1, -0.05) is 49.1 Å². The van der Waals surface area contributed by atoms with Gasteiger partial charge < -0.3 is 5.32 Å². The van der Waals surface area contributed by atoms with Crippen LogP contribution in [0.2, 0.25) is 0 Å². The molecule has 0 atom stereocenters. The molecule has 0 bridgehead atoms. The van der Waals surface area contributed by atoms with Crippen molar-refractivity contribution < 1.29 is 0 Å². The maximum Gasteiger partial charge on any atom is 0.123 e. The summed E-state index contributed by atoms with van der Waals surface area (Å²) >= 11 is 0. The molecule has 2 heteroatoms. The molecule has 24 heavy (non-hydrogen) atoms. The molecular formula is C22H28N2. The number of aliphatic imine (C=N–C) groups is 1. The second-order valence-corrected chi connectivity index (χ2v) is 5.88. The number of allylic oxidation sites excluding steroid dienone is 7. The molecule has 1 N–H and O–H groups in total. The Morgan fingerprint density at radius 2 is 1.92 bits per heavy atom. The molecule has 0 saturated carbocycles. The van der Waals surface area contributed by atoms with Gasteiger partial charge in [0.05, 0.1) is 5.71 Å². The lowest BCUT2D eigenvalue weighted by Crippen LogP contribution is -2.06.